The van der Waals surface area contributed by atoms with Crippen molar-refractivity contribution in [3.05, 3.63) is 40.9 Å². The van der Waals surface area contributed by atoms with Crippen molar-refractivity contribution in [2.45, 2.75) is 24.6 Å². The molecular weight excluding hydrogens is 320 g/mol. The number of benzene rings is 1. The first-order valence-corrected chi connectivity index (χ1v) is 9.64. The van der Waals surface area contributed by atoms with E-state index < -0.39 is 0 Å². The number of halogens is 1. The van der Waals surface area contributed by atoms with Gasteiger partial charge in [-0.3, -0.25) is 4.90 Å². The van der Waals surface area contributed by atoms with E-state index in [1.807, 2.05) is 5.38 Å². The predicted molar refractivity (Wildman–Crippen MR) is 94.3 cm³/mol. The molecule has 2 heterocycles. The maximum Gasteiger partial charge on any atom is 0.123 e. The zero-order chi connectivity index (χ0) is 14.7. The second kappa shape index (κ2) is 7.14. The Bertz CT molecular complexity index is 599. The monoisotopic (exact) mass is 338 g/mol. The van der Waals surface area contributed by atoms with Crippen LogP contribution in [0.1, 0.15) is 18.2 Å². The van der Waals surface area contributed by atoms with Crippen molar-refractivity contribution < 1.29 is 0 Å². The first-order chi connectivity index (χ1) is 10.2. The fraction of sp³-hybridized carbons (Fsp3) is 0.438. The van der Waals surface area contributed by atoms with Crippen LogP contribution in [0.2, 0.25) is 0 Å². The molecule has 21 heavy (non-hydrogen) atoms. The molecule has 1 atom stereocenters. The second-order valence-corrected chi connectivity index (χ2v) is 8.07. The fourth-order valence-electron chi connectivity index (χ4n) is 2.60. The molecule has 0 spiro atoms. The molecule has 1 aromatic heterocycles. The minimum absolute atomic E-state index is 0.486. The minimum atomic E-state index is 0.486. The second-order valence-electron chi connectivity index (χ2n) is 5.39. The van der Waals surface area contributed by atoms with Crippen molar-refractivity contribution >= 4 is 34.7 Å². The zero-order valence-electron chi connectivity index (χ0n) is 12.1. The van der Waals surface area contributed by atoms with Crippen molar-refractivity contribution in [2.75, 3.05) is 18.8 Å². The van der Waals surface area contributed by atoms with Gasteiger partial charge in [-0.25, -0.2) is 4.98 Å². The normalized spacial score (nSPS) is 19.8. The molecule has 112 valence electrons. The molecule has 0 aliphatic carbocycles. The van der Waals surface area contributed by atoms with Crippen molar-refractivity contribution in [1.29, 1.82) is 0 Å². The number of aromatic nitrogens is 1. The van der Waals surface area contributed by atoms with Gasteiger partial charge in [-0.05, 0) is 11.6 Å². The lowest BCUT2D eigenvalue weighted by Crippen LogP contribution is -2.35. The highest BCUT2D eigenvalue weighted by Gasteiger charge is 2.16. The summed E-state index contributed by atoms with van der Waals surface area (Å²) in [6.07, 6.45) is 0. The van der Waals surface area contributed by atoms with E-state index in [0.717, 1.165) is 22.5 Å². The summed E-state index contributed by atoms with van der Waals surface area (Å²) in [6, 6.07) is 8.75. The largest absolute Gasteiger partial charge is 0.297 e. The minimum Gasteiger partial charge on any atom is -0.297 e. The number of hydrogen-bond acceptors (Lipinski definition) is 4. The van der Waals surface area contributed by atoms with Crippen molar-refractivity contribution in [3.63, 3.8) is 0 Å². The van der Waals surface area contributed by atoms with Crippen molar-refractivity contribution in [1.82, 2.24) is 9.88 Å². The van der Waals surface area contributed by atoms with E-state index in [0.29, 0.717) is 5.88 Å². The lowest BCUT2D eigenvalue weighted by Gasteiger charge is -2.30. The van der Waals surface area contributed by atoms with E-state index in [1.165, 1.54) is 30.0 Å². The topological polar surface area (TPSA) is 16.1 Å². The molecule has 0 bridgehead atoms. The van der Waals surface area contributed by atoms with Gasteiger partial charge in [0.05, 0.1) is 11.6 Å². The fourth-order valence-corrected chi connectivity index (χ4v) is 4.72. The predicted octanol–water partition coefficient (Wildman–Crippen LogP) is 4.49. The molecule has 0 amide bonds. The van der Waals surface area contributed by atoms with E-state index in [2.05, 4.69) is 52.8 Å². The van der Waals surface area contributed by atoms with Crippen LogP contribution < -0.4 is 0 Å². The van der Waals surface area contributed by atoms with Gasteiger partial charge in [0, 0.05) is 41.6 Å². The zero-order valence-corrected chi connectivity index (χ0v) is 14.5. The molecule has 0 saturated carbocycles. The van der Waals surface area contributed by atoms with Gasteiger partial charge < -0.3 is 0 Å². The smallest absolute Gasteiger partial charge is 0.123 e. The van der Waals surface area contributed by atoms with Crippen LogP contribution in [-0.4, -0.2) is 34.0 Å². The molecular formula is C16H19ClN2S2. The average molecular weight is 339 g/mol. The summed E-state index contributed by atoms with van der Waals surface area (Å²) in [7, 11) is 0. The van der Waals surface area contributed by atoms with Crippen LogP contribution in [0.4, 0.5) is 0 Å². The Morgan fingerprint density at radius 2 is 2.33 bits per heavy atom. The van der Waals surface area contributed by atoms with Crippen molar-refractivity contribution in [3.8, 4) is 10.6 Å². The van der Waals surface area contributed by atoms with Gasteiger partial charge in [0.25, 0.3) is 0 Å². The summed E-state index contributed by atoms with van der Waals surface area (Å²) in [5, 5.41) is 3.85. The van der Waals surface area contributed by atoms with E-state index in [9.17, 15) is 0 Å². The summed E-state index contributed by atoms with van der Waals surface area (Å²) in [4.78, 5) is 7.12. The van der Waals surface area contributed by atoms with E-state index in [4.69, 9.17) is 11.6 Å². The molecule has 1 aromatic carbocycles. The van der Waals surface area contributed by atoms with E-state index in [1.54, 1.807) is 11.3 Å². The maximum atomic E-state index is 5.84. The molecule has 0 N–H and O–H groups in total. The molecule has 1 unspecified atom stereocenters. The summed E-state index contributed by atoms with van der Waals surface area (Å²) in [5.41, 5.74) is 3.53. The number of thioether (sulfide) groups is 1. The molecule has 3 rings (SSSR count). The number of nitrogens with zero attached hydrogens (tertiary/aromatic N) is 2. The van der Waals surface area contributed by atoms with Gasteiger partial charge in [0.1, 0.15) is 5.01 Å². The summed E-state index contributed by atoms with van der Waals surface area (Å²) in [6.45, 7) is 5.72. The molecule has 5 heteroatoms. The van der Waals surface area contributed by atoms with Crippen molar-refractivity contribution in [2.24, 2.45) is 0 Å². The van der Waals surface area contributed by atoms with Crippen LogP contribution in [0.15, 0.2) is 29.6 Å². The highest BCUT2D eigenvalue weighted by molar-refractivity contribution is 7.99. The summed E-state index contributed by atoms with van der Waals surface area (Å²) >= 11 is 9.58. The Labute approximate surface area is 139 Å². The van der Waals surface area contributed by atoms with Crippen LogP contribution in [-0.2, 0) is 12.4 Å². The lowest BCUT2D eigenvalue weighted by molar-refractivity contribution is 0.278. The highest BCUT2D eigenvalue weighted by atomic mass is 35.5. The summed E-state index contributed by atoms with van der Waals surface area (Å²) < 4.78 is 0. The number of hydrogen-bond donors (Lipinski definition) is 0. The SMILES string of the molecule is CC1CN(Cc2cccc(-c3nc(CCl)cs3)c2)CCS1. The number of thiazole rings is 1. The molecule has 1 fully saturated rings. The average Bonchev–Trinajstić information content (AvgIpc) is 2.96. The highest BCUT2D eigenvalue weighted by Crippen LogP contribution is 2.26. The molecule has 2 nitrogen and oxygen atoms in total. The van der Waals surface area contributed by atoms with Crippen LogP contribution in [0.25, 0.3) is 10.6 Å². The maximum absolute atomic E-state index is 5.84. The van der Waals surface area contributed by atoms with Crippen LogP contribution in [0.3, 0.4) is 0 Å². The van der Waals surface area contributed by atoms with Gasteiger partial charge in [0.15, 0.2) is 0 Å². The molecule has 1 aliphatic heterocycles. The molecule has 1 saturated heterocycles. The first kappa shape index (κ1) is 15.3. The quantitative estimate of drug-likeness (QED) is 0.764. The Morgan fingerprint density at radius 1 is 1.43 bits per heavy atom. The Hall–Kier alpha value is -0.550. The number of rotatable bonds is 4. The third-order valence-corrected chi connectivity index (χ3v) is 5.94. The third kappa shape index (κ3) is 4.01. The standard InChI is InChI=1S/C16H19ClN2S2/c1-12-9-19(5-6-20-12)10-13-3-2-4-14(7-13)16-18-15(8-17)11-21-16/h2-4,7,11-12H,5-6,8-10H2,1H3. The Kier molecular flexibility index (Phi) is 5.22. The Balaban J connectivity index is 1.73. The third-order valence-electron chi connectivity index (χ3n) is 3.59. The molecule has 2 aromatic rings. The van der Waals surface area contributed by atoms with Gasteiger partial charge in [-0.1, -0.05) is 25.1 Å². The van der Waals surface area contributed by atoms with Crippen LogP contribution >= 0.6 is 34.7 Å². The summed E-state index contributed by atoms with van der Waals surface area (Å²) in [5.74, 6) is 1.73. The number of alkyl halides is 1. The van der Waals surface area contributed by atoms with E-state index in [-0.39, 0.29) is 0 Å². The van der Waals surface area contributed by atoms with Gasteiger partial charge in [-0.2, -0.15) is 11.8 Å². The van der Waals surface area contributed by atoms with Gasteiger partial charge >= 0.3 is 0 Å². The van der Waals surface area contributed by atoms with Crippen LogP contribution in [0.5, 0.6) is 0 Å². The Morgan fingerprint density at radius 3 is 3.10 bits per heavy atom. The van der Waals surface area contributed by atoms with Crippen LogP contribution in [0, 0.1) is 0 Å². The van der Waals surface area contributed by atoms with E-state index >= 15 is 0 Å². The molecule has 0 radical (unpaired) electrons. The van der Waals surface area contributed by atoms with Gasteiger partial charge in [-0.15, -0.1) is 22.9 Å². The lowest BCUT2D eigenvalue weighted by atomic mass is 10.1. The molecule has 1 aliphatic rings. The van der Waals surface area contributed by atoms with Gasteiger partial charge in [0.2, 0.25) is 0 Å². The first-order valence-electron chi connectivity index (χ1n) is 7.18.